The third-order valence-corrected chi connectivity index (χ3v) is 19.1. The van der Waals surface area contributed by atoms with Gasteiger partial charge in [-0.05, 0) is 81.6 Å². The summed E-state index contributed by atoms with van der Waals surface area (Å²) >= 11 is 0. The number of aryl methyl sites for hydroxylation is 3. The van der Waals surface area contributed by atoms with Crippen molar-refractivity contribution >= 4 is 25.9 Å². The van der Waals surface area contributed by atoms with Gasteiger partial charge in [-0.1, -0.05) is 57.2 Å². The number of rotatable bonds is 20. The number of ether oxygens (including phenoxy) is 5. The number of esters is 1. The molecule has 0 spiro atoms. The molecule has 3 aliphatic heterocycles. The first kappa shape index (κ1) is 55.6. The molecule has 3 aromatic heterocycles. The van der Waals surface area contributed by atoms with E-state index < -0.39 is 103 Å². The van der Waals surface area contributed by atoms with E-state index in [9.17, 15) is 43.2 Å². The fourth-order valence-electron chi connectivity index (χ4n) is 9.38. The standard InChI is InChI=1S/C52H68N6O15Si/c1-30-24-55(49(65)53-46(30)62)43-21-35(19-38(61)16-18-40-41(70-33(4)59)23-45(72-40)56-25-31(2)47(63)54-50(56)66)39(71-43)17-15-37(60)20-36-22-44(73-42(36)28-69-74(8,9)52(5,6)7)57-26-32(3)48(64)58(51(57)67)29-68-27-34-13-11-10-12-14-34/h10-15,17,24-26,35-36,39-45H,16,18-23,27-29H2,1-9H3,(H,53,62,65)(H,54,63,66)/b17-15+/t35-,36-,39+,40+,41-,42+,43+,44+,45+/m0/s1. The van der Waals surface area contributed by atoms with Gasteiger partial charge in [-0.25, -0.2) is 19.0 Å². The predicted octanol–water partition coefficient (Wildman–Crippen LogP) is 4.51. The van der Waals surface area contributed by atoms with E-state index in [1.807, 2.05) is 30.3 Å². The highest BCUT2D eigenvalue weighted by atomic mass is 28.4. The largest absolute Gasteiger partial charge is 0.460 e. The number of carbonyl (C=O) groups is 3. The van der Waals surface area contributed by atoms with Crippen LogP contribution in [0.25, 0.3) is 0 Å². The molecule has 0 bridgehead atoms. The van der Waals surface area contributed by atoms with Crippen LogP contribution in [0.4, 0.5) is 0 Å². The summed E-state index contributed by atoms with van der Waals surface area (Å²) < 4.78 is 42.0. The lowest BCUT2D eigenvalue weighted by molar-refractivity contribution is -0.149. The van der Waals surface area contributed by atoms with Crippen LogP contribution in [0.1, 0.15) is 114 Å². The van der Waals surface area contributed by atoms with Crippen molar-refractivity contribution in [3.63, 3.8) is 0 Å². The number of allylic oxidation sites excluding steroid dienone is 1. The normalized spacial score (nSPS) is 24.2. The summed E-state index contributed by atoms with van der Waals surface area (Å²) in [7, 11) is -2.32. The number of nitrogens with one attached hydrogen (secondary N) is 2. The molecule has 0 saturated carbocycles. The molecular weight excluding hydrogens is 977 g/mol. The van der Waals surface area contributed by atoms with Crippen molar-refractivity contribution in [2.45, 2.75) is 168 Å². The van der Waals surface area contributed by atoms with Crippen LogP contribution in [0.2, 0.25) is 18.1 Å². The zero-order chi connectivity index (χ0) is 53.8. The number of benzene rings is 1. The highest BCUT2D eigenvalue weighted by Crippen LogP contribution is 2.41. The number of Topliss-reactive ketones (excluding diaryl/α,β-unsaturated/α-hetero) is 1. The fourth-order valence-corrected chi connectivity index (χ4v) is 10.4. The number of hydrogen-bond acceptors (Lipinski definition) is 15. The second kappa shape index (κ2) is 23.2. The smallest absolute Gasteiger partial charge is 0.335 e. The first-order valence-electron chi connectivity index (χ1n) is 25.0. The number of nitrogens with zero attached hydrogens (tertiary/aromatic N) is 4. The Balaban J connectivity index is 1.08. The van der Waals surface area contributed by atoms with Crippen molar-refractivity contribution in [3.05, 3.63) is 146 Å². The highest BCUT2D eigenvalue weighted by molar-refractivity contribution is 6.74. The molecular formula is C52H68N6O15Si. The van der Waals surface area contributed by atoms with Crippen LogP contribution in [0.15, 0.2) is 89.8 Å². The second-order valence-corrected chi connectivity index (χ2v) is 26.0. The average molecular weight is 1050 g/mol. The molecule has 2 N–H and O–H groups in total. The van der Waals surface area contributed by atoms with Crippen molar-refractivity contribution in [1.82, 2.24) is 28.2 Å². The summed E-state index contributed by atoms with van der Waals surface area (Å²) in [6.07, 6.45) is 2.14. The molecule has 0 unspecified atom stereocenters. The molecule has 74 heavy (non-hydrogen) atoms. The molecule has 400 valence electrons. The second-order valence-electron chi connectivity index (χ2n) is 21.2. The zero-order valence-corrected chi connectivity index (χ0v) is 44.5. The van der Waals surface area contributed by atoms with E-state index in [0.717, 1.165) is 10.1 Å². The van der Waals surface area contributed by atoms with Gasteiger partial charge in [0, 0.05) is 67.9 Å². The van der Waals surface area contributed by atoms with Crippen LogP contribution >= 0.6 is 0 Å². The first-order chi connectivity index (χ1) is 34.9. The molecule has 3 saturated heterocycles. The molecule has 0 aliphatic carbocycles. The van der Waals surface area contributed by atoms with E-state index in [0.29, 0.717) is 5.56 Å². The molecule has 3 aliphatic rings. The van der Waals surface area contributed by atoms with Crippen LogP contribution in [-0.4, -0.2) is 85.1 Å². The van der Waals surface area contributed by atoms with Crippen molar-refractivity contribution in [3.8, 4) is 0 Å². The minimum Gasteiger partial charge on any atom is -0.460 e. The lowest BCUT2D eigenvalue weighted by Gasteiger charge is -2.37. The Labute approximate surface area is 427 Å². The molecule has 0 amide bonds. The molecule has 9 atom stereocenters. The summed E-state index contributed by atoms with van der Waals surface area (Å²) in [5, 5.41) is -0.134. The summed E-state index contributed by atoms with van der Waals surface area (Å²) in [5.41, 5.74) is -1.89. The van der Waals surface area contributed by atoms with Crippen LogP contribution in [0.5, 0.6) is 0 Å². The number of aromatic nitrogens is 6. The Morgan fingerprint density at radius 1 is 0.757 bits per heavy atom. The number of ketones is 2. The quantitative estimate of drug-likeness (QED) is 0.0701. The lowest BCUT2D eigenvalue weighted by Crippen LogP contribution is -2.44. The Morgan fingerprint density at radius 3 is 1.96 bits per heavy atom. The molecule has 7 rings (SSSR count). The lowest BCUT2D eigenvalue weighted by atomic mass is 9.91. The maximum absolute atomic E-state index is 14.1. The van der Waals surface area contributed by atoms with E-state index in [4.69, 9.17) is 28.1 Å². The van der Waals surface area contributed by atoms with Gasteiger partial charge in [-0.3, -0.25) is 52.4 Å². The minimum atomic E-state index is -2.32. The summed E-state index contributed by atoms with van der Waals surface area (Å²) in [6, 6.07) is 9.37. The van der Waals surface area contributed by atoms with Crippen molar-refractivity contribution in [2.75, 3.05) is 6.61 Å². The van der Waals surface area contributed by atoms with Gasteiger partial charge in [0.2, 0.25) is 0 Å². The monoisotopic (exact) mass is 1040 g/mol. The number of hydrogen-bond donors (Lipinski definition) is 2. The van der Waals surface area contributed by atoms with Gasteiger partial charge in [-0.2, -0.15) is 0 Å². The van der Waals surface area contributed by atoms with Crippen molar-refractivity contribution in [2.24, 2.45) is 11.8 Å². The van der Waals surface area contributed by atoms with Crippen molar-refractivity contribution < 1.29 is 42.5 Å². The van der Waals surface area contributed by atoms with Gasteiger partial charge in [0.05, 0.1) is 31.5 Å². The van der Waals surface area contributed by atoms with E-state index in [1.165, 1.54) is 45.3 Å². The molecule has 0 radical (unpaired) electrons. The Kier molecular flexibility index (Phi) is 17.4. The Morgan fingerprint density at radius 2 is 1.34 bits per heavy atom. The van der Waals surface area contributed by atoms with Crippen LogP contribution in [0.3, 0.4) is 0 Å². The van der Waals surface area contributed by atoms with Gasteiger partial charge in [0.1, 0.15) is 37.3 Å². The van der Waals surface area contributed by atoms with E-state index in [-0.39, 0.29) is 92.6 Å². The van der Waals surface area contributed by atoms with E-state index >= 15 is 0 Å². The summed E-state index contributed by atoms with van der Waals surface area (Å²) in [4.78, 5) is 122. The third kappa shape index (κ3) is 13.2. The highest BCUT2D eigenvalue weighted by Gasteiger charge is 2.44. The molecule has 1 aromatic carbocycles. The molecule has 3 fully saturated rings. The number of H-pyrrole nitrogens is 2. The summed E-state index contributed by atoms with van der Waals surface area (Å²) in [5.74, 6) is -2.04. The van der Waals surface area contributed by atoms with Gasteiger partial charge in [0.25, 0.3) is 16.7 Å². The van der Waals surface area contributed by atoms with Gasteiger partial charge >= 0.3 is 23.0 Å². The molecule has 22 heteroatoms. The van der Waals surface area contributed by atoms with Crippen LogP contribution in [-0.2, 0) is 55.8 Å². The minimum absolute atomic E-state index is 0.0129. The first-order valence-corrected chi connectivity index (χ1v) is 27.9. The number of carbonyl (C=O) groups excluding carboxylic acids is 3. The Hall–Kier alpha value is -6.17. The summed E-state index contributed by atoms with van der Waals surface area (Å²) in [6.45, 7) is 16.6. The average Bonchev–Trinajstić information content (AvgIpc) is 4.05. The number of aromatic amines is 2. The molecule has 4 aromatic rings. The van der Waals surface area contributed by atoms with E-state index in [2.05, 4.69) is 43.8 Å². The van der Waals surface area contributed by atoms with E-state index in [1.54, 1.807) is 26.8 Å². The fraction of sp³-hybridized carbons (Fsp3) is 0.558. The molecule has 6 heterocycles. The van der Waals surface area contributed by atoms with Gasteiger partial charge in [-0.15, -0.1) is 0 Å². The third-order valence-electron chi connectivity index (χ3n) is 14.6. The zero-order valence-electron chi connectivity index (χ0n) is 43.5. The van der Waals surface area contributed by atoms with Crippen LogP contribution in [0, 0.1) is 32.6 Å². The SMILES string of the molecule is CC(=O)O[C@H]1C[C@H](n2cc(C)c(=O)[nH]c2=O)O[C@@H]1CCC(=O)C[C@H]1C[C@H](n2cc(C)c(=O)[nH]c2=O)O[C@@H]1/C=C/C(=O)C[C@H]1C[C@H](n2cc(C)c(=O)n(COCc3ccccc3)c2=O)O[C@@H]1CO[Si](C)(C)C(C)(C)C. The Bertz CT molecular complexity index is 3110. The van der Waals surface area contributed by atoms with Crippen molar-refractivity contribution in [1.29, 1.82) is 0 Å². The maximum atomic E-state index is 14.1. The maximum Gasteiger partial charge on any atom is 0.335 e. The van der Waals surface area contributed by atoms with Gasteiger partial charge in [0.15, 0.2) is 14.1 Å². The van der Waals surface area contributed by atoms with Crippen LogP contribution < -0.4 is 33.7 Å². The van der Waals surface area contributed by atoms with Gasteiger partial charge < -0.3 is 28.1 Å². The molecule has 21 nitrogen and oxygen atoms in total. The topological polar surface area (TPSA) is 260 Å². The predicted molar refractivity (Wildman–Crippen MR) is 272 cm³/mol.